The standard InChI is InChI=1S/C33H42N6O3/c1-33(2,3)42-32(41)37-29-13-18-39(19-14-29)30-10-9-24(21-35-30)23-38-16-11-28(12-17-38)36-31(40)26-7-4-6-25(20-26)27-8-5-15-34-22-27/h4-10,15,20-22,28-29H,11-14,16-19,23H2,1-3H3,(H,36,40)(H,37,41). The Morgan fingerprint density at radius 3 is 2.26 bits per heavy atom. The molecule has 2 aromatic heterocycles. The van der Waals surface area contributed by atoms with E-state index in [1.54, 1.807) is 6.20 Å². The molecule has 2 fully saturated rings. The number of aromatic nitrogens is 2. The van der Waals surface area contributed by atoms with Crippen molar-refractivity contribution in [3.63, 3.8) is 0 Å². The quantitative estimate of drug-likeness (QED) is 0.411. The number of nitrogens with one attached hydrogen (secondary N) is 2. The van der Waals surface area contributed by atoms with Gasteiger partial charge in [0.2, 0.25) is 0 Å². The monoisotopic (exact) mass is 570 g/mol. The molecule has 2 aliphatic heterocycles. The lowest BCUT2D eigenvalue weighted by molar-refractivity contribution is 0.0497. The molecule has 0 saturated carbocycles. The van der Waals surface area contributed by atoms with Gasteiger partial charge >= 0.3 is 6.09 Å². The summed E-state index contributed by atoms with van der Waals surface area (Å²) in [6.07, 6.45) is 8.77. The number of pyridine rings is 2. The van der Waals surface area contributed by atoms with E-state index >= 15 is 0 Å². The smallest absolute Gasteiger partial charge is 0.407 e. The number of anilines is 1. The van der Waals surface area contributed by atoms with Crippen LogP contribution in [-0.4, -0.2) is 70.7 Å². The topological polar surface area (TPSA) is 99.7 Å². The Bertz CT molecular complexity index is 1330. The van der Waals surface area contributed by atoms with Crippen LogP contribution in [0.1, 0.15) is 62.4 Å². The lowest BCUT2D eigenvalue weighted by atomic mass is 10.0. The second-order valence-corrected chi connectivity index (χ2v) is 12.3. The number of benzene rings is 1. The van der Waals surface area contributed by atoms with Crippen LogP contribution in [0.4, 0.5) is 10.6 Å². The van der Waals surface area contributed by atoms with E-state index in [1.807, 2.05) is 69.6 Å². The maximum Gasteiger partial charge on any atom is 0.407 e. The highest BCUT2D eigenvalue weighted by Gasteiger charge is 2.25. The highest BCUT2D eigenvalue weighted by molar-refractivity contribution is 5.95. The van der Waals surface area contributed by atoms with Crippen molar-refractivity contribution in [3.8, 4) is 11.1 Å². The number of carbonyl (C=O) groups excluding carboxylic acids is 2. The van der Waals surface area contributed by atoms with Crippen molar-refractivity contribution in [1.29, 1.82) is 0 Å². The molecular weight excluding hydrogens is 528 g/mol. The minimum absolute atomic E-state index is 0.0244. The van der Waals surface area contributed by atoms with Gasteiger partial charge in [0.15, 0.2) is 0 Å². The first-order valence-electron chi connectivity index (χ1n) is 14.9. The van der Waals surface area contributed by atoms with Crippen molar-refractivity contribution >= 4 is 17.8 Å². The first-order chi connectivity index (χ1) is 20.2. The summed E-state index contributed by atoms with van der Waals surface area (Å²) in [5.74, 6) is 0.951. The van der Waals surface area contributed by atoms with E-state index in [4.69, 9.17) is 9.72 Å². The highest BCUT2D eigenvalue weighted by Crippen LogP contribution is 2.22. The van der Waals surface area contributed by atoms with Crippen molar-refractivity contribution in [3.05, 3.63) is 78.2 Å². The van der Waals surface area contributed by atoms with Gasteiger partial charge in [-0.2, -0.15) is 0 Å². The molecule has 2 amide bonds. The third-order valence-electron chi connectivity index (χ3n) is 7.80. The summed E-state index contributed by atoms with van der Waals surface area (Å²) in [7, 11) is 0. The molecule has 42 heavy (non-hydrogen) atoms. The van der Waals surface area contributed by atoms with E-state index in [0.717, 1.165) is 75.4 Å². The van der Waals surface area contributed by atoms with Gasteiger partial charge in [0, 0.05) is 74.5 Å². The molecule has 1 aromatic carbocycles. The number of ether oxygens (including phenoxy) is 1. The summed E-state index contributed by atoms with van der Waals surface area (Å²) in [5, 5.41) is 6.23. The maximum atomic E-state index is 13.0. The molecule has 0 aliphatic carbocycles. The van der Waals surface area contributed by atoms with Gasteiger partial charge in [0.25, 0.3) is 5.91 Å². The number of alkyl carbamates (subject to hydrolysis) is 1. The zero-order chi connectivity index (χ0) is 29.5. The number of hydrogen-bond acceptors (Lipinski definition) is 7. The SMILES string of the molecule is CC(C)(C)OC(=O)NC1CCN(c2ccc(CN3CCC(NC(=O)c4cccc(-c5cccnc5)c4)CC3)cn2)CC1. The minimum Gasteiger partial charge on any atom is -0.444 e. The molecule has 2 aliphatic rings. The number of nitrogens with zero attached hydrogens (tertiary/aromatic N) is 4. The third-order valence-corrected chi connectivity index (χ3v) is 7.80. The van der Waals surface area contributed by atoms with Crippen molar-refractivity contribution in [2.75, 3.05) is 31.1 Å². The zero-order valence-corrected chi connectivity index (χ0v) is 24.9. The molecule has 0 atom stereocenters. The number of piperidine rings is 2. The van der Waals surface area contributed by atoms with Crippen LogP contribution >= 0.6 is 0 Å². The van der Waals surface area contributed by atoms with Gasteiger partial charge in [-0.1, -0.05) is 24.3 Å². The van der Waals surface area contributed by atoms with Gasteiger partial charge in [0.1, 0.15) is 11.4 Å². The minimum atomic E-state index is -0.489. The Morgan fingerprint density at radius 2 is 1.60 bits per heavy atom. The Labute approximate surface area is 248 Å². The molecule has 9 nitrogen and oxygen atoms in total. The van der Waals surface area contributed by atoms with Crippen molar-refractivity contribution in [1.82, 2.24) is 25.5 Å². The maximum absolute atomic E-state index is 13.0. The van der Waals surface area contributed by atoms with Gasteiger partial charge in [-0.15, -0.1) is 0 Å². The summed E-state index contributed by atoms with van der Waals surface area (Å²) >= 11 is 0. The number of amides is 2. The van der Waals surface area contributed by atoms with Crippen LogP contribution in [-0.2, 0) is 11.3 Å². The fourth-order valence-electron chi connectivity index (χ4n) is 5.56. The average molecular weight is 571 g/mol. The lowest BCUT2D eigenvalue weighted by Gasteiger charge is -2.34. The van der Waals surface area contributed by atoms with Gasteiger partial charge in [-0.3, -0.25) is 14.7 Å². The van der Waals surface area contributed by atoms with E-state index in [-0.39, 0.29) is 24.1 Å². The first kappa shape index (κ1) is 29.5. The Balaban J connectivity index is 1.04. The summed E-state index contributed by atoms with van der Waals surface area (Å²) in [5.41, 5.74) is 3.37. The molecule has 0 bridgehead atoms. The number of hydrogen-bond donors (Lipinski definition) is 2. The largest absolute Gasteiger partial charge is 0.444 e. The van der Waals surface area contributed by atoms with Gasteiger partial charge in [-0.05, 0) is 81.8 Å². The molecule has 2 saturated heterocycles. The summed E-state index contributed by atoms with van der Waals surface area (Å²) < 4.78 is 5.39. The predicted molar refractivity (Wildman–Crippen MR) is 164 cm³/mol. The molecule has 5 rings (SSSR count). The van der Waals surface area contributed by atoms with Gasteiger partial charge in [0.05, 0.1) is 0 Å². The molecule has 3 aromatic rings. The molecular formula is C33H42N6O3. The second-order valence-electron chi connectivity index (χ2n) is 12.3. The Kier molecular flexibility index (Phi) is 9.37. The normalized spacial score (nSPS) is 17.1. The van der Waals surface area contributed by atoms with Crippen LogP contribution in [0.2, 0.25) is 0 Å². The first-order valence-corrected chi connectivity index (χ1v) is 14.9. The zero-order valence-electron chi connectivity index (χ0n) is 24.9. The fraction of sp³-hybridized carbons (Fsp3) is 0.455. The fourth-order valence-corrected chi connectivity index (χ4v) is 5.56. The number of carbonyl (C=O) groups is 2. The van der Waals surface area contributed by atoms with E-state index in [0.29, 0.717) is 5.56 Å². The van der Waals surface area contributed by atoms with Crippen molar-refractivity contribution in [2.45, 2.75) is 70.7 Å². The van der Waals surface area contributed by atoms with Crippen LogP contribution in [0.15, 0.2) is 67.1 Å². The average Bonchev–Trinajstić information content (AvgIpc) is 2.98. The van der Waals surface area contributed by atoms with Crippen LogP contribution in [0.5, 0.6) is 0 Å². The molecule has 9 heteroatoms. The Morgan fingerprint density at radius 1 is 0.881 bits per heavy atom. The molecule has 4 heterocycles. The van der Waals surface area contributed by atoms with E-state index in [2.05, 4.69) is 37.6 Å². The van der Waals surface area contributed by atoms with E-state index < -0.39 is 5.60 Å². The summed E-state index contributed by atoms with van der Waals surface area (Å²) in [6, 6.07) is 16.2. The van der Waals surface area contributed by atoms with Crippen LogP contribution in [0.3, 0.4) is 0 Å². The molecule has 0 unspecified atom stereocenters. The van der Waals surface area contributed by atoms with E-state index in [9.17, 15) is 9.59 Å². The predicted octanol–water partition coefficient (Wildman–Crippen LogP) is 5.03. The molecule has 222 valence electrons. The van der Waals surface area contributed by atoms with Gasteiger partial charge in [-0.25, -0.2) is 9.78 Å². The Hall–Kier alpha value is -3.98. The van der Waals surface area contributed by atoms with Crippen LogP contribution < -0.4 is 15.5 Å². The van der Waals surface area contributed by atoms with Crippen LogP contribution in [0, 0.1) is 0 Å². The lowest BCUT2D eigenvalue weighted by Crippen LogP contribution is -2.46. The van der Waals surface area contributed by atoms with Crippen LogP contribution in [0.25, 0.3) is 11.1 Å². The van der Waals surface area contributed by atoms with E-state index in [1.165, 1.54) is 5.56 Å². The summed E-state index contributed by atoms with van der Waals surface area (Å²) in [4.78, 5) is 38.7. The van der Waals surface area contributed by atoms with Crippen molar-refractivity contribution < 1.29 is 14.3 Å². The van der Waals surface area contributed by atoms with Gasteiger partial charge < -0.3 is 20.3 Å². The second kappa shape index (κ2) is 13.3. The molecule has 0 spiro atoms. The number of rotatable bonds is 7. The summed E-state index contributed by atoms with van der Waals surface area (Å²) in [6.45, 7) is 10.0. The highest BCUT2D eigenvalue weighted by atomic mass is 16.6. The third kappa shape index (κ3) is 8.28. The molecule has 0 radical (unpaired) electrons. The number of likely N-dealkylation sites (tertiary alicyclic amines) is 1. The van der Waals surface area contributed by atoms with Crippen molar-refractivity contribution in [2.24, 2.45) is 0 Å². The molecule has 2 N–H and O–H groups in total.